The highest BCUT2D eigenvalue weighted by Crippen LogP contribution is 2.29. The van der Waals surface area contributed by atoms with Crippen molar-refractivity contribution in [3.63, 3.8) is 0 Å². The van der Waals surface area contributed by atoms with Crippen LogP contribution in [-0.4, -0.2) is 25.3 Å². The Hall–Kier alpha value is -0.970. The summed E-state index contributed by atoms with van der Waals surface area (Å²) < 4.78 is 5.16. The van der Waals surface area contributed by atoms with E-state index in [9.17, 15) is 4.79 Å². The number of ether oxygens (including phenoxy) is 1. The first-order valence-corrected chi connectivity index (χ1v) is 6.01. The Morgan fingerprint density at radius 1 is 1.35 bits per heavy atom. The number of halogens is 2. The van der Waals surface area contributed by atoms with Crippen LogP contribution in [0.15, 0.2) is 18.2 Å². The van der Waals surface area contributed by atoms with Crippen LogP contribution in [0.25, 0.3) is 0 Å². The number of amides is 2. The number of anilines is 1. The van der Waals surface area contributed by atoms with Crippen LogP contribution in [0.5, 0.6) is 0 Å². The van der Waals surface area contributed by atoms with E-state index in [1.807, 2.05) is 0 Å². The summed E-state index contributed by atoms with van der Waals surface area (Å²) in [7, 11) is 0. The van der Waals surface area contributed by atoms with E-state index >= 15 is 0 Å². The largest absolute Gasteiger partial charge is 0.379 e. The summed E-state index contributed by atoms with van der Waals surface area (Å²) in [5.74, 6) is 0. The number of rotatable bonds is 2. The molecule has 0 aliphatic carbocycles. The molecule has 0 bridgehead atoms. The van der Waals surface area contributed by atoms with E-state index in [2.05, 4.69) is 10.6 Å². The van der Waals surface area contributed by atoms with Gasteiger partial charge in [-0.25, -0.2) is 4.79 Å². The number of hydrogen-bond donors (Lipinski definition) is 2. The van der Waals surface area contributed by atoms with Gasteiger partial charge in [0.1, 0.15) is 0 Å². The molecular formula is C11H12Cl2N2O2. The topological polar surface area (TPSA) is 50.4 Å². The second kappa shape index (κ2) is 5.58. The van der Waals surface area contributed by atoms with Crippen LogP contribution in [0.3, 0.4) is 0 Å². The number of nitrogens with one attached hydrogen (secondary N) is 2. The summed E-state index contributed by atoms with van der Waals surface area (Å²) in [6.07, 6.45) is 0.823. The van der Waals surface area contributed by atoms with Crippen LogP contribution >= 0.6 is 23.2 Å². The van der Waals surface area contributed by atoms with Crippen LogP contribution in [0.4, 0.5) is 10.5 Å². The zero-order valence-corrected chi connectivity index (χ0v) is 10.5. The number of para-hydroxylation sites is 1. The predicted molar refractivity (Wildman–Crippen MR) is 67.8 cm³/mol. The first-order valence-electron chi connectivity index (χ1n) is 5.26. The molecular weight excluding hydrogens is 263 g/mol. The van der Waals surface area contributed by atoms with Gasteiger partial charge < -0.3 is 15.4 Å². The lowest BCUT2D eigenvalue weighted by atomic mass is 10.3. The summed E-state index contributed by atoms with van der Waals surface area (Å²) in [4.78, 5) is 11.7. The van der Waals surface area contributed by atoms with Gasteiger partial charge in [-0.05, 0) is 18.6 Å². The molecule has 0 saturated carbocycles. The number of urea groups is 1. The SMILES string of the molecule is O=C(Nc1c(Cl)cccc1Cl)NC1CCOC1. The molecule has 6 heteroatoms. The van der Waals surface area contributed by atoms with Crippen molar-refractivity contribution in [1.82, 2.24) is 5.32 Å². The minimum Gasteiger partial charge on any atom is -0.379 e. The van der Waals surface area contributed by atoms with Crippen LogP contribution in [0, 0.1) is 0 Å². The molecule has 0 spiro atoms. The Morgan fingerprint density at radius 2 is 2.06 bits per heavy atom. The lowest BCUT2D eigenvalue weighted by Crippen LogP contribution is -2.38. The first-order chi connectivity index (χ1) is 8.16. The van der Waals surface area contributed by atoms with Gasteiger partial charge in [0, 0.05) is 6.61 Å². The minimum absolute atomic E-state index is 0.0521. The fourth-order valence-electron chi connectivity index (χ4n) is 1.60. The predicted octanol–water partition coefficient (Wildman–Crippen LogP) is 2.90. The average Bonchev–Trinajstić information content (AvgIpc) is 2.76. The molecule has 1 fully saturated rings. The quantitative estimate of drug-likeness (QED) is 0.871. The zero-order valence-electron chi connectivity index (χ0n) is 9.00. The second-order valence-corrected chi connectivity index (χ2v) is 4.57. The Kier molecular flexibility index (Phi) is 4.10. The molecule has 2 rings (SSSR count). The molecule has 1 unspecified atom stereocenters. The van der Waals surface area contributed by atoms with Gasteiger partial charge in [-0.3, -0.25) is 0 Å². The number of carbonyl (C=O) groups excluding carboxylic acids is 1. The fourth-order valence-corrected chi connectivity index (χ4v) is 2.09. The maximum absolute atomic E-state index is 11.7. The van der Waals surface area contributed by atoms with Gasteiger partial charge in [0.25, 0.3) is 0 Å². The van der Waals surface area contributed by atoms with E-state index in [0.717, 1.165) is 6.42 Å². The number of hydrogen-bond acceptors (Lipinski definition) is 2. The van der Waals surface area contributed by atoms with Crippen LogP contribution in [0.1, 0.15) is 6.42 Å². The van der Waals surface area contributed by atoms with E-state index in [1.54, 1.807) is 18.2 Å². The zero-order chi connectivity index (χ0) is 12.3. The Morgan fingerprint density at radius 3 is 2.65 bits per heavy atom. The number of benzene rings is 1. The Bertz CT molecular complexity index is 400. The average molecular weight is 275 g/mol. The first kappa shape index (κ1) is 12.5. The summed E-state index contributed by atoms with van der Waals surface area (Å²) in [5.41, 5.74) is 0.423. The van der Waals surface area contributed by atoms with E-state index < -0.39 is 0 Å². The standard InChI is InChI=1S/C11H12Cl2N2O2/c12-8-2-1-3-9(13)10(8)15-11(16)14-7-4-5-17-6-7/h1-3,7H,4-6H2,(H2,14,15,16). The normalized spacial score (nSPS) is 19.1. The van der Waals surface area contributed by atoms with E-state index in [4.69, 9.17) is 27.9 Å². The van der Waals surface area contributed by atoms with Crippen LogP contribution in [-0.2, 0) is 4.74 Å². The highest BCUT2D eigenvalue weighted by atomic mass is 35.5. The van der Waals surface area contributed by atoms with Crippen molar-refractivity contribution in [2.45, 2.75) is 12.5 Å². The molecule has 1 aromatic carbocycles. The molecule has 1 heterocycles. The smallest absolute Gasteiger partial charge is 0.319 e. The highest BCUT2D eigenvalue weighted by molar-refractivity contribution is 6.39. The second-order valence-electron chi connectivity index (χ2n) is 3.76. The number of carbonyl (C=O) groups is 1. The molecule has 0 radical (unpaired) electrons. The van der Waals surface area contributed by atoms with Gasteiger partial charge in [-0.15, -0.1) is 0 Å². The van der Waals surface area contributed by atoms with Crippen molar-refractivity contribution < 1.29 is 9.53 Å². The van der Waals surface area contributed by atoms with E-state index in [-0.39, 0.29) is 12.1 Å². The van der Waals surface area contributed by atoms with Gasteiger partial charge >= 0.3 is 6.03 Å². The third kappa shape index (κ3) is 3.25. The monoisotopic (exact) mass is 274 g/mol. The van der Waals surface area contributed by atoms with E-state index in [1.165, 1.54) is 0 Å². The Labute approximate surface area is 109 Å². The van der Waals surface area contributed by atoms with Crippen LogP contribution in [0.2, 0.25) is 10.0 Å². The van der Waals surface area contributed by atoms with Crippen molar-refractivity contribution in [3.05, 3.63) is 28.2 Å². The van der Waals surface area contributed by atoms with Crippen molar-refractivity contribution in [2.24, 2.45) is 0 Å². The third-order valence-electron chi connectivity index (χ3n) is 2.47. The van der Waals surface area contributed by atoms with Gasteiger partial charge in [0.15, 0.2) is 0 Å². The lowest BCUT2D eigenvalue weighted by molar-refractivity contribution is 0.189. The van der Waals surface area contributed by atoms with Crippen LogP contribution < -0.4 is 10.6 Å². The molecule has 0 aromatic heterocycles. The maximum atomic E-state index is 11.7. The van der Waals surface area contributed by atoms with Gasteiger partial charge in [0.2, 0.25) is 0 Å². The molecule has 1 atom stereocenters. The molecule has 1 aromatic rings. The molecule has 1 aliphatic rings. The summed E-state index contributed by atoms with van der Waals surface area (Å²) in [5, 5.41) is 6.25. The summed E-state index contributed by atoms with van der Waals surface area (Å²) in [6.45, 7) is 1.22. The van der Waals surface area contributed by atoms with Crippen molar-refractivity contribution in [3.8, 4) is 0 Å². The molecule has 17 heavy (non-hydrogen) atoms. The summed E-state index contributed by atoms with van der Waals surface area (Å²) in [6, 6.07) is 4.79. The lowest BCUT2D eigenvalue weighted by Gasteiger charge is -2.13. The van der Waals surface area contributed by atoms with Crippen molar-refractivity contribution in [2.75, 3.05) is 18.5 Å². The van der Waals surface area contributed by atoms with Gasteiger partial charge in [-0.2, -0.15) is 0 Å². The molecule has 4 nitrogen and oxygen atoms in total. The molecule has 2 N–H and O–H groups in total. The Balaban J connectivity index is 1.97. The third-order valence-corrected chi connectivity index (χ3v) is 3.10. The highest BCUT2D eigenvalue weighted by Gasteiger charge is 2.18. The molecule has 2 amide bonds. The van der Waals surface area contributed by atoms with Crippen molar-refractivity contribution in [1.29, 1.82) is 0 Å². The summed E-state index contributed by atoms with van der Waals surface area (Å²) >= 11 is 11.9. The maximum Gasteiger partial charge on any atom is 0.319 e. The van der Waals surface area contributed by atoms with E-state index in [0.29, 0.717) is 28.9 Å². The van der Waals surface area contributed by atoms with Gasteiger partial charge in [0.05, 0.1) is 28.4 Å². The molecule has 1 saturated heterocycles. The molecule has 92 valence electrons. The minimum atomic E-state index is -0.324. The molecule has 1 aliphatic heterocycles. The van der Waals surface area contributed by atoms with Crippen molar-refractivity contribution >= 4 is 34.9 Å². The van der Waals surface area contributed by atoms with Gasteiger partial charge in [-0.1, -0.05) is 29.3 Å². The fraction of sp³-hybridized carbons (Fsp3) is 0.364.